The first-order chi connectivity index (χ1) is 13.3. The fourth-order valence-electron chi connectivity index (χ4n) is 3.49. The molecule has 2 aromatic carbocycles. The molecule has 2 aromatic rings. The summed E-state index contributed by atoms with van der Waals surface area (Å²) in [5.41, 5.74) is 3.39. The van der Waals surface area contributed by atoms with Gasteiger partial charge in [-0.05, 0) is 38.5 Å². The van der Waals surface area contributed by atoms with E-state index in [0.29, 0.717) is 26.2 Å². The summed E-state index contributed by atoms with van der Waals surface area (Å²) in [5.74, 6) is 0. The van der Waals surface area contributed by atoms with Crippen LogP contribution in [-0.4, -0.2) is 49.8 Å². The van der Waals surface area contributed by atoms with Gasteiger partial charge in [-0.1, -0.05) is 47.5 Å². The van der Waals surface area contributed by atoms with Crippen molar-refractivity contribution in [3.05, 3.63) is 65.2 Å². The van der Waals surface area contributed by atoms with Crippen LogP contribution >= 0.6 is 0 Å². The van der Waals surface area contributed by atoms with Gasteiger partial charge in [0.25, 0.3) is 0 Å². The number of amides is 2. The highest BCUT2D eigenvalue weighted by molar-refractivity contribution is 7.89. The van der Waals surface area contributed by atoms with E-state index >= 15 is 0 Å². The number of nitrogens with zero attached hydrogens (tertiary/aromatic N) is 2. The molecule has 6 nitrogen and oxygen atoms in total. The Morgan fingerprint density at radius 3 is 2.11 bits per heavy atom. The van der Waals surface area contributed by atoms with E-state index in [1.165, 1.54) is 4.31 Å². The van der Waals surface area contributed by atoms with Gasteiger partial charge in [0.2, 0.25) is 10.0 Å². The summed E-state index contributed by atoms with van der Waals surface area (Å²) in [4.78, 5) is 14.6. The first kappa shape index (κ1) is 20.4. The van der Waals surface area contributed by atoms with E-state index in [0.717, 1.165) is 16.7 Å². The van der Waals surface area contributed by atoms with Crippen molar-refractivity contribution in [3.63, 3.8) is 0 Å². The summed E-state index contributed by atoms with van der Waals surface area (Å²) in [5, 5.41) is 3.02. The molecule has 150 valence electrons. The van der Waals surface area contributed by atoms with Crippen LogP contribution < -0.4 is 5.32 Å². The maximum Gasteiger partial charge on any atom is 0.317 e. The summed E-state index contributed by atoms with van der Waals surface area (Å²) in [7, 11) is -3.51. The zero-order chi connectivity index (χ0) is 20.3. The number of carbonyl (C=O) groups is 1. The Labute approximate surface area is 167 Å². The van der Waals surface area contributed by atoms with Gasteiger partial charge in [0, 0.05) is 26.2 Å². The Balaban J connectivity index is 1.59. The third-order valence-electron chi connectivity index (χ3n) is 4.99. The summed E-state index contributed by atoms with van der Waals surface area (Å²) in [6.45, 7) is 7.37. The van der Waals surface area contributed by atoms with Crippen molar-refractivity contribution in [2.75, 3.05) is 26.2 Å². The molecule has 2 amide bonds. The Kier molecular flexibility index (Phi) is 6.05. The van der Waals surface area contributed by atoms with Gasteiger partial charge >= 0.3 is 6.03 Å². The largest absolute Gasteiger partial charge is 0.331 e. The number of carbonyl (C=O) groups excluding carboxylic acids is 1. The van der Waals surface area contributed by atoms with Crippen LogP contribution in [0.15, 0.2) is 53.4 Å². The van der Waals surface area contributed by atoms with E-state index in [1.54, 1.807) is 35.2 Å². The third-order valence-corrected chi connectivity index (χ3v) is 6.90. The number of benzene rings is 2. The number of sulfonamides is 1. The lowest BCUT2D eigenvalue weighted by Crippen LogP contribution is -2.53. The first-order valence-electron chi connectivity index (χ1n) is 9.46. The normalized spacial score (nSPS) is 16.6. The topological polar surface area (TPSA) is 69.7 Å². The molecular weight excluding hydrogens is 374 g/mol. The van der Waals surface area contributed by atoms with Gasteiger partial charge in [-0.2, -0.15) is 4.31 Å². The first-order valence-corrected chi connectivity index (χ1v) is 10.9. The molecule has 1 fully saturated rings. The van der Waals surface area contributed by atoms with Crippen LogP contribution in [0, 0.1) is 13.8 Å². The number of hydrogen-bond acceptors (Lipinski definition) is 3. The van der Waals surface area contributed by atoms with E-state index < -0.39 is 10.0 Å². The maximum atomic E-state index is 12.7. The minimum Gasteiger partial charge on any atom is -0.331 e. The molecule has 1 heterocycles. The molecule has 0 aliphatic carbocycles. The second kappa shape index (κ2) is 8.32. The number of rotatable bonds is 4. The quantitative estimate of drug-likeness (QED) is 0.856. The van der Waals surface area contributed by atoms with Crippen LogP contribution in [0.3, 0.4) is 0 Å². The molecule has 28 heavy (non-hydrogen) atoms. The van der Waals surface area contributed by atoms with E-state index in [4.69, 9.17) is 0 Å². The SMILES string of the molecule is Cc1cc(C)cc(C(C)NC(=O)N2CCN(S(=O)(=O)c3ccccc3)CC2)c1. The highest BCUT2D eigenvalue weighted by Gasteiger charge is 2.30. The Morgan fingerprint density at radius 2 is 1.54 bits per heavy atom. The molecule has 1 unspecified atom stereocenters. The Morgan fingerprint density at radius 1 is 0.964 bits per heavy atom. The molecule has 1 N–H and O–H groups in total. The second-order valence-electron chi connectivity index (χ2n) is 7.30. The van der Waals surface area contributed by atoms with Gasteiger partial charge < -0.3 is 10.2 Å². The average Bonchev–Trinajstić information content (AvgIpc) is 2.68. The Hall–Kier alpha value is -2.38. The van der Waals surface area contributed by atoms with Crippen LogP contribution in [0.4, 0.5) is 4.79 Å². The minimum absolute atomic E-state index is 0.114. The maximum absolute atomic E-state index is 12.7. The molecule has 1 saturated heterocycles. The molecule has 1 aliphatic heterocycles. The van der Waals surface area contributed by atoms with Gasteiger partial charge in [-0.25, -0.2) is 13.2 Å². The summed E-state index contributed by atoms with van der Waals surface area (Å²) in [6.07, 6.45) is 0. The van der Waals surface area contributed by atoms with Crippen molar-refractivity contribution in [1.82, 2.24) is 14.5 Å². The van der Waals surface area contributed by atoms with Crippen molar-refractivity contribution in [1.29, 1.82) is 0 Å². The van der Waals surface area contributed by atoms with Crippen LogP contribution in [0.5, 0.6) is 0 Å². The zero-order valence-electron chi connectivity index (χ0n) is 16.6. The fourth-order valence-corrected chi connectivity index (χ4v) is 4.94. The molecule has 0 bridgehead atoms. The predicted molar refractivity (Wildman–Crippen MR) is 110 cm³/mol. The lowest BCUT2D eigenvalue weighted by Gasteiger charge is -2.34. The standard InChI is InChI=1S/C21H27N3O3S/c1-16-13-17(2)15-19(14-16)18(3)22-21(25)23-9-11-24(12-10-23)28(26,27)20-7-5-4-6-8-20/h4-8,13-15,18H,9-12H2,1-3H3,(H,22,25). The van der Waals surface area contributed by atoms with E-state index in [1.807, 2.05) is 20.8 Å². The predicted octanol–water partition coefficient (Wildman–Crippen LogP) is 3.08. The number of aryl methyl sites for hydroxylation is 2. The van der Waals surface area contributed by atoms with Crippen molar-refractivity contribution in [3.8, 4) is 0 Å². The highest BCUT2D eigenvalue weighted by atomic mass is 32.2. The second-order valence-corrected chi connectivity index (χ2v) is 9.23. The van der Waals surface area contributed by atoms with Crippen LogP contribution in [0.25, 0.3) is 0 Å². The molecule has 7 heteroatoms. The smallest absolute Gasteiger partial charge is 0.317 e. The third kappa shape index (κ3) is 4.54. The van der Waals surface area contributed by atoms with Gasteiger partial charge in [-0.3, -0.25) is 0 Å². The molecule has 0 spiro atoms. The molecule has 1 atom stereocenters. The van der Waals surface area contributed by atoms with Crippen molar-refractivity contribution < 1.29 is 13.2 Å². The lowest BCUT2D eigenvalue weighted by atomic mass is 10.0. The molecule has 3 rings (SSSR count). The molecule has 0 aromatic heterocycles. The fraction of sp³-hybridized carbons (Fsp3) is 0.381. The van der Waals surface area contributed by atoms with Crippen LogP contribution in [0.1, 0.15) is 29.7 Å². The van der Waals surface area contributed by atoms with Gasteiger partial charge in [0.05, 0.1) is 10.9 Å². The zero-order valence-corrected chi connectivity index (χ0v) is 17.4. The van der Waals surface area contributed by atoms with Crippen LogP contribution in [0.2, 0.25) is 0 Å². The monoisotopic (exact) mass is 401 g/mol. The van der Waals surface area contributed by atoms with Crippen LogP contribution in [-0.2, 0) is 10.0 Å². The van der Waals surface area contributed by atoms with Gasteiger partial charge in [0.15, 0.2) is 0 Å². The average molecular weight is 402 g/mol. The van der Waals surface area contributed by atoms with Crippen molar-refractivity contribution in [2.45, 2.75) is 31.7 Å². The number of hydrogen-bond donors (Lipinski definition) is 1. The molecule has 1 aliphatic rings. The van der Waals surface area contributed by atoms with Gasteiger partial charge in [0.1, 0.15) is 0 Å². The highest BCUT2D eigenvalue weighted by Crippen LogP contribution is 2.19. The number of piperazine rings is 1. The Bertz CT molecular complexity index is 916. The summed E-state index contributed by atoms with van der Waals surface area (Å²) < 4.78 is 26.8. The van der Waals surface area contributed by atoms with E-state index in [2.05, 4.69) is 23.5 Å². The van der Waals surface area contributed by atoms with Crippen molar-refractivity contribution in [2.24, 2.45) is 0 Å². The summed E-state index contributed by atoms with van der Waals surface area (Å²) >= 11 is 0. The number of urea groups is 1. The number of nitrogens with one attached hydrogen (secondary N) is 1. The molecule has 0 radical (unpaired) electrons. The lowest BCUT2D eigenvalue weighted by molar-refractivity contribution is 0.169. The van der Waals surface area contributed by atoms with E-state index in [-0.39, 0.29) is 17.0 Å². The molecular formula is C21H27N3O3S. The van der Waals surface area contributed by atoms with E-state index in [9.17, 15) is 13.2 Å². The minimum atomic E-state index is -3.51. The van der Waals surface area contributed by atoms with Crippen molar-refractivity contribution >= 4 is 16.1 Å². The van der Waals surface area contributed by atoms with Gasteiger partial charge in [-0.15, -0.1) is 0 Å². The summed E-state index contributed by atoms with van der Waals surface area (Å²) in [6, 6.07) is 14.4. The molecule has 0 saturated carbocycles.